The van der Waals surface area contributed by atoms with Crippen molar-refractivity contribution in [1.29, 1.82) is 0 Å². The molecule has 2 atom stereocenters. The number of esters is 1. The first-order chi connectivity index (χ1) is 11.5. The highest BCUT2D eigenvalue weighted by Crippen LogP contribution is 2.34. The summed E-state index contributed by atoms with van der Waals surface area (Å²) < 4.78 is 10.1. The van der Waals surface area contributed by atoms with Gasteiger partial charge in [-0.15, -0.1) is 11.3 Å². The number of carbonyl (C=O) groups excluding carboxylic acids is 2. The number of ether oxygens (including phenoxy) is 2. The van der Waals surface area contributed by atoms with Crippen LogP contribution in [0.25, 0.3) is 0 Å². The fourth-order valence-corrected chi connectivity index (χ4v) is 3.64. The zero-order chi connectivity index (χ0) is 17.7. The normalized spacial score (nSPS) is 13.0. The van der Waals surface area contributed by atoms with E-state index in [4.69, 9.17) is 9.47 Å². The lowest BCUT2D eigenvalue weighted by Gasteiger charge is -2.25. The average Bonchev–Trinajstić information content (AvgIpc) is 3.03. The standard InChI is InChI=1S/C18H21NO4S/c1-11(19-12(2)20)16(13-5-7-14(22-3)8-6-13)15-9-10-24-17(15)18(21)23-4/h5-11,16H,1-4H3,(H,19,20)/t11-,16+/m0/s1. The molecule has 0 saturated heterocycles. The van der Waals surface area contributed by atoms with Gasteiger partial charge < -0.3 is 14.8 Å². The van der Waals surface area contributed by atoms with Crippen LogP contribution in [0.5, 0.6) is 5.75 Å². The fourth-order valence-electron chi connectivity index (χ4n) is 2.78. The van der Waals surface area contributed by atoms with E-state index in [1.807, 2.05) is 42.6 Å². The van der Waals surface area contributed by atoms with E-state index < -0.39 is 0 Å². The molecule has 0 fully saturated rings. The number of hydrogen-bond donors (Lipinski definition) is 1. The monoisotopic (exact) mass is 347 g/mol. The Labute approximate surface area is 145 Å². The van der Waals surface area contributed by atoms with Gasteiger partial charge in [0.1, 0.15) is 10.6 Å². The molecular weight excluding hydrogens is 326 g/mol. The number of nitrogens with one attached hydrogen (secondary N) is 1. The number of rotatable bonds is 6. The van der Waals surface area contributed by atoms with E-state index in [1.165, 1.54) is 25.4 Å². The Morgan fingerprint density at radius 3 is 2.33 bits per heavy atom. The SMILES string of the molecule is COC(=O)c1sccc1[C@@H](c1ccc(OC)cc1)[C@H](C)NC(C)=O. The van der Waals surface area contributed by atoms with Gasteiger partial charge in [-0.1, -0.05) is 12.1 Å². The van der Waals surface area contributed by atoms with Gasteiger partial charge in [0.15, 0.2) is 0 Å². The number of carbonyl (C=O) groups is 2. The Balaban J connectivity index is 2.48. The molecule has 128 valence electrons. The zero-order valence-corrected chi connectivity index (χ0v) is 15.0. The maximum Gasteiger partial charge on any atom is 0.348 e. The molecule has 24 heavy (non-hydrogen) atoms. The van der Waals surface area contributed by atoms with Gasteiger partial charge in [0.05, 0.1) is 14.2 Å². The van der Waals surface area contributed by atoms with E-state index in [2.05, 4.69) is 5.32 Å². The number of methoxy groups -OCH3 is 2. The highest BCUT2D eigenvalue weighted by atomic mass is 32.1. The van der Waals surface area contributed by atoms with Crippen LogP contribution in [0.1, 0.15) is 40.6 Å². The van der Waals surface area contributed by atoms with Crippen LogP contribution < -0.4 is 10.1 Å². The molecule has 6 heteroatoms. The van der Waals surface area contributed by atoms with E-state index in [9.17, 15) is 9.59 Å². The maximum atomic E-state index is 12.1. The molecule has 0 unspecified atom stereocenters. The van der Waals surface area contributed by atoms with Crippen LogP contribution in [-0.4, -0.2) is 32.1 Å². The topological polar surface area (TPSA) is 64.6 Å². The summed E-state index contributed by atoms with van der Waals surface area (Å²) >= 11 is 1.34. The molecule has 0 saturated carbocycles. The van der Waals surface area contributed by atoms with E-state index in [0.717, 1.165) is 16.9 Å². The van der Waals surface area contributed by atoms with Gasteiger partial charge in [-0.25, -0.2) is 4.79 Å². The van der Waals surface area contributed by atoms with Crippen molar-refractivity contribution >= 4 is 23.2 Å². The van der Waals surface area contributed by atoms with Crippen LogP contribution in [0.4, 0.5) is 0 Å². The number of thiophene rings is 1. The number of amides is 1. The van der Waals surface area contributed by atoms with Crippen LogP contribution >= 0.6 is 11.3 Å². The molecule has 0 aliphatic heterocycles. The summed E-state index contributed by atoms with van der Waals surface area (Å²) in [6.07, 6.45) is 0. The highest BCUT2D eigenvalue weighted by molar-refractivity contribution is 7.12. The summed E-state index contributed by atoms with van der Waals surface area (Å²) in [6, 6.07) is 9.35. The third-order valence-corrected chi connectivity index (χ3v) is 4.72. The zero-order valence-electron chi connectivity index (χ0n) is 14.2. The number of benzene rings is 1. The van der Waals surface area contributed by atoms with Gasteiger partial charge in [0.25, 0.3) is 0 Å². The molecule has 5 nitrogen and oxygen atoms in total. The second-order valence-corrected chi connectivity index (χ2v) is 6.35. The van der Waals surface area contributed by atoms with Crippen molar-refractivity contribution in [1.82, 2.24) is 5.32 Å². The molecule has 1 heterocycles. The van der Waals surface area contributed by atoms with Crippen LogP contribution in [0.3, 0.4) is 0 Å². The summed E-state index contributed by atoms with van der Waals surface area (Å²) in [6.45, 7) is 3.41. The van der Waals surface area contributed by atoms with Crippen molar-refractivity contribution in [2.24, 2.45) is 0 Å². The first kappa shape index (κ1) is 18.0. The van der Waals surface area contributed by atoms with Crippen molar-refractivity contribution in [3.63, 3.8) is 0 Å². The molecule has 1 amide bonds. The highest BCUT2D eigenvalue weighted by Gasteiger charge is 2.28. The molecule has 0 radical (unpaired) electrons. The molecule has 1 N–H and O–H groups in total. The van der Waals surface area contributed by atoms with Gasteiger partial charge in [0.2, 0.25) is 5.91 Å². The summed E-state index contributed by atoms with van der Waals surface area (Å²) in [5, 5.41) is 4.78. The second kappa shape index (κ2) is 7.97. The van der Waals surface area contributed by atoms with Crippen molar-refractivity contribution in [2.75, 3.05) is 14.2 Å². The fraction of sp³-hybridized carbons (Fsp3) is 0.333. The molecule has 2 aromatic rings. The molecule has 0 spiro atoms. The summed E-state index contributed by atoms with van der Waals surface area (Å²) in [4.78, 5) is 24.1. The Morgan fingerprint density at radius 2 is 1.79 bits per heavy atom. The molecule has 0 aliphatic carbocycles. The van der Waals surface area contributed by atoms with Gasteiger partial charge in [-0.05, 0) is 41.6 Å². The lowest BCUT2D eigenvalue weighted by Crippen LogP contribution is -2.36. The van der Waals surface area contributed by atoms with Gasteiger partial charge in [-0.3, -0.25) is 4.79 Å². The lowest BCUT2D eigenvalue weighted by molar-refractivity contribution is -0.119. The van der Waals surface area contributed by atoms with E-state index in [-0.39, 0.29) is 23.8 Å². The largest absolute Gasteiger partial charge is 0.497 e. The second-order valence-electron chi connectivity index (χ2n) is 5.44. The van der Waals surface area contributed by atoms with Crippen LogP contribution in [0.2, 0.25) is 0 Å². The average molecular weight is 347 g/mol. The van der Waals surface area contributed by atoms with Crippen LogP contribution in [-0.2, 0) is 9.53 Å². The van der Waals surface area contributed by atoms with E-state index >= 15 is 0 Å². The molecule has 0 aliphatic rings. The van der Waals surface area contributed by atoms with Crippen LogP contribution in [0.15, 0.2) is 35.7 Å². The molecular formula is C18H21NO4S. The minimum absolute atomic E-state index is 0.115. The molecule has 2 rings (SSSR count). The van der Waals surface area contributed by atoms with Gasteiger partial charge in [0, 0.05) is 18.9 Å². The van der Waals surface area contributed by atoms with Crippen molar-refractivity contribution in [2.45, 2.75) is 25.8 Å². The van der Waals surface area contributed by atoms with Crippen molar-refractivity contribution in [3.05, 3.63) is 51.7 Å². The Kier molecular flexibility index (Phi) is 5.98. The predicted molar refractivity (Wildman–Crippen MR) is 93.8 cm³/mol. The minimum Gasteiger partial charge on any atom is -0.497 e. The lowest BCUT2D eigenvalue weighted by atomic mass is 9.85. The quantitative estimate of drug-likeness (QED) is 0.815. The number of hydrogen-bond acceptors (Lipinski definition) is 5. The van der Waals surface area contributed by atoms with E-state index in [1.54, 1.807) is 7.11 Å². The Morgan fingerprint density at radius 1 is 1.12 bits per heavy atom. The molecule has 1 aromatic carbocycles. The van der Waals surface area contributed by atoms with Crippen molar-refractivity contribution in [3.8, 4) is 5.75 Å². The minimum atomic E-state index is -0.367. The Bertz CT molecular complexity index is 708. The predicted octanol–water partition coefficient (Wildman–Crippen LogP) is 3.20. The van der Waals surface area contributed by atoms with Gasteiger partial charge in [-0.2, -0.15) is 0 Å². The summed E-state index contributed by atoms with van der Waals surface area (Å²) in [5.41, 5.74) is 1.83. The summed E-state index contributed by atoms with van der Waals surface area (Å²) in [5.74, 6) is 0.104. The van der Waals surface area contributed by atoms with E-state index in [0.29, 0.717) is 4.88 Å². The molecule has 0 bridgehead atoms. The Hall–Kier alpha value is -2.34. The van der Waals surface area contributed by atoms with Gasteiger partial charge >= 0.3 is 5.97 Å². The van der Waals surface area contributed by atoms with Crippen molar-refractivity contribution < 1.29 is 19.1 Å². The third kappa shape index (κ3) is 3.94. The molecule has 1 aromatic heterocycles. The van der Waals surface area contributed by atoms with Crippen LogP contribution in [0, 0.1) is 0 Å². The first-order valence-corrected chi connectivity index (χ1v) is 8.42. The smallest absolute Gasteiger partial charge is 0.348 e. The maximum absolute atomic E-state index is 12.1. The first-order valence-electron chi connectivity index (χ1n) is 7.54. The summed E-state index contributed by atoms with van der Waals surface area (Å²) in [7, 11) is 2.98. The third-order valence-electron chi connectivity index (χ3n) is 3.81.